The highest BCUT2D eigenvalue weighted by atomic mass is 35.5. The van der Waals surface area contributed by atoms with E-state index in [1.165, 1.54) is 19.2 Å². The number of benzene rings is 2. The molecule has 1 unspecified atom stereocenters. The highest BCUT2D eigenvalue weighted by molar-refractivity contribution is 6.31. The van der Waals surface area contributed by atoms with Gasteiger partial charge in [0, 0.05) is 17.2 Å². The molecule has 21 heavy (non-hydrogen) atoms. The van der Waals surface area contributed by atoms with Gasteiger partial charge in [-0.25, -0.2) is 0 Å². The van der Waals surface area contributed by atoms with Crippen LogP contribution in [0.5, 0.6) is 5.75 Å². The van der Waals surface area contributed by atoms with E-state index < -0.39 is 4.92 Å². The van der Waals surface area contributed by atoms with Crippen LogP contribution in [0, 0.1) is 10.1 Å². The number of ether oxygens (including phenoxy) is 1. The lowest BCUT2D eigenvalue weighted by molar-refractivity contribution is -0.384. The van der Waals surface area contributed by atoms with Gasteiger partial charge >= 0.3 is 0 Å². The summed E-state index contributed by atoms with van der Waals surface area (Å²) >= 11 is 6.16. The Morgan fingerprint density at radius 3 is 2.62 bits per heavy atom. The molecule has 2 aromatic rings. The Morgan fingerprint density at radius 1 is 1.29 bits per heavy atom. The Bertz CT molecular complexity index is 661. The second-order valence-corrected chi connectivity index (χ2v) is 4.94. The fourth-order valence-electron chi connectivity index (χ4n) is 2.06. The first kappa shape index (κ1) is 15.1. The molecule has 0 bridgehead atoms. The fourth-order valence-corrected chi connectivity index (χ4v) is 2.36. The van der Waals surface area contributed by atoms with Crippen molar-refractivity contribution in [2.45, 2.75) is 13.0 Å². The van der Waals surface area contributed by atoms with Crippen LogP contribution in [-0.2, 0) is 0 Å². The summed E-state index contributed by atoms with van der Waals surface area (Å²) in [5, 5.41) is 14.7. The normalized spacial score (nSPS) is 11.8. The fraction of sp³-hybridized carbons (Fsp3) is 0.200. The van der Waals surface area contributed by atoms with Crippen LogP contribution in [0.2, 0.25) is 5.02 Å². The van der Waals surface area contributed by atoms with Crippen molar-refractivity contribution in [2.75, 3.05) is 12.4 Å². The maximum absolute atomic E-state index is 10.9. The van der Waals surface area contributed by atoms with E-state index in [0.717, 1.165) is 5.56 Å². The molecular formula is C15H15ClN2O3. The van der Waals surface area contributed by atoms with Crippen LogP contribution in [-0.4, -0.2) is 12.0 Å². The average Bonchev–Trinajstić information content (AvgIpc) is 2.47. The van der Waals surface area contributed by atoms with Gasteiger partial charge in [0.15, 0.2) is 0 Å². The average molecular weight is 307 g/mol. The first-order valence-electron chi connectivity index (χ1n) is 6.36. The Balaban J connectivity index is 2.31. The van der Waals surface area contributed by atoms with Crippen molar-refractivity contribution in [1.29, 1.82) is 0 Å². The van der Waals surface area contributed by atoms with Gasteiger partial charge in [-0.1, -0.05) is 29.8 Å². The van der Waals surface area contributed by atoms with Gasteiger partial charge < -0.3 is 10.1 Å². The molecule has 1 atom stereocenters. The van der Waals surface area contributed by atoms with Gasteiger partial charge in [-0.3, -0.25) is 10.1 Å². The molecule has 110 valence electrons. The van der Waals surface area contributed by atoms with Crippen LogP contribution < -0.4 is 10.1 Å². The van der Waals surface area contributed by atoms with Crippen LogP contribution in [0.15, 0.2) is 42.5 Å². The Hall–Kier alpha value is -2.27. The van der Waals surface area contributed by atoms with Gasteiger partial charge in [-0.2, -0.15) is 0 Å². The molecule has 0 saturated carbocycles. The van der Waals surface area contributed by atoms with Crippen molar-refractivity contribution < 1.29 is 9.66 Å². The maximum atomic E-state index is 10.9. The number of methoxy groups -OCH3 is 1. The summed E-state index contributed by atoms with van der Waals surface area (Å²) in [6, 6.07) is 11.8. The number of hydrogen-bond donors (Lipinski definition) is 1. The van der Waals surface area contributed by atoms with E-state index in [1.807, 2.05) is 25.1 Å². The van der Waals surface area contributed by atoms with E-state index in [1.54, 1.807) is 12.1 Å². The number of rotatable bonds is 5. The summed E-state index contributed by atoms with van der Waals surface area (Å²) in [5.41, 5.74) is 1.47. The van der Waals surface area contributed by atoms with Crippen LogP contribution in [0.1, 0.15) is 18.5 Å². The Kier molecular flexibility index (Phi) is 4.65. The lowest BCUT2D eigenvalue weighted by Crippen LogP contribution is -2.08. The quantitative estimate of drug-likeness (QED) is 0.655. The topological polar surface area (TPSA) is 64.4 Å². The monoisotopic (exact) mass is 306 g/mol. The van der Waals surface area contributed by atoms with E-state index in [-0.39, 0.29) is 11.7 Å². The molecule has 0 amide bonds. The van der Waals surface area contributed by atoms with Crippen LogP contribution in [0.3, 0.4) is 0 Å². The van der Waals surface area contributed by atoms with Gasteiger partial charge in [0.1, 0.15) is 5.75 Å². The maximum Gasteiger partial charge on any atom is 0.271 e. The van der Waals surface area contributed by atoms with Crippen molar-refractivity contribution >= 4 is 23.0 Å². The molecule has 0 aliphatic rings. The Morgan fingerprint density at radius 2 is 2.00 bits per heavy atom. The second-order valence-electron chi connectivity index (χ2n) is 4.53. The molecule has 5 nitrogen and oxygen atoms in total. The number of non-ortho nitro benzene ring substituents is 1. The first-order chi connectivity index (χ1) is 10.0. The van der Waals surface area contributed by atoms with Gasteiger partial charge in [0.25, 0.3) is 5.69 Å². The lowest BCUT2D eigenvalue weighted by atomic mass is 10.1. The van der Waals surface area contributed by atoms with Crippen molar-refractivity contribution in [3.05, 3.63) is 63.2 Å². The summed E-state index contributed by atoms with van der Waals surface area (Å²) in [7, 11) is 1.52. The third kappa shape index (κ3) is 3.44. The number of hydrogen-bond acceptors (Lipinski definition) is 4. The lowest BCUT2D eigenvalue weighted by Gasteiger charge is -2.18. The largest absolute Gasteiger partial charge is 0.495 e. The number of halogens is 1. The van der Waals surface area contributed by atoms with Crippen molar-refractivity contribution in [1.82, 2.24) is 0 Å². The van der Waals surface area contributed by atoms with Gasteiger partial charge in [0.05, 0.1) is 23.8 Å². The third-order valence-corrected chi connectivity index (χ3v) is 3.48. The minimum Gasteiger partial charge on any atom is -0.495 e. The van der Waals surface area contributed by atoms with Crippen LogP contribution in [0.4, 0.5) is 11.4 Å². The Labute approximate surface area is 127 Å². The molecule has 0 aliphatic heterocycles. The molecule has 0 saturated heterocycles. The zero-order valence-electron chi connectivity index (χ0n) is 11.7. The predicted octanol–water partition coefficient (Wildman–Crippen LogP) is 4.43. The van der Waals surface area contributed by atoms with Crippen molar-refractivity contribution in [2.24, 2.45) is 0 Å². The summed E-state index contributed by atoms with van der Waals surface area (Å²) in [6.07, 6.45) is 0. The zero-order chi connectivity index (χ0) is 15.4. The highest BCUT2D eigenvalue weighted by Gasteiger charge is 2.15. The molecule has 0 aromatic heterocycles. The van der Waals surface area contributed by atoms with E-state index in [2.05, 4.69) is 5.32 Å². The highest BCUT2D eigenvalue weighted by Crippen LogP contribution is 2.33. The predicted molar refractivity (Wildman–Crippen MR) is 83.1 cm³/mol. The minimum absolute atomic E-state index is 0.00431. The third-order valence-electron chi connectivity index (χ3n) is 3.14. The smallest absolute Gasteiger partial charge is 0.271 e. The molecular weight excluding hydrogens is 292 g/mol. The molecule has 0 spiro atoms. The van der Waals surface area contributed by atoms with E-state index in [0.29, 0.717) is 16.5 Å². The number of nitro groups is 1. The van der Waals surface area contributed by atoms with Crippen LogP contribution >= 0.6 is 11.6 Å². The summed E-state index contributed by atoms with van der Waals surface area (Å²) < 4.78 is 5.23. The molecule has 6 heteroatoms. The van der Waals surface area contributed by atoms with E-state index >= 15 is 0 Å². The van der Waals surface area contributed by atoms with Crippen molar-refractivity contribution in [3.63, 3.8) is 0 Å². The number of nitrogens with one attached hydrogen (secondary N) is 1. The zero-order valence-corrected chi connectivity index (χ0v) is 12.4. The van der Waals surface area contributed by atoms with Gasteiger partial charge in [-0.15, -0.1) is 0 Å². The van der Waals surface area contributed by atoms with Gasteiger partial charge in [0.2, 0.25) is 0 Å². The minimum atomic E-state index is -0.440. The summed E-state index contributed by atoms with van der Waals surface area (Å²) in [4.78, 5) is 10.4. The summed E-state index contributed by atoms with van der Waals surface area (Å²) in [6.45, 7) is 1.93. The summed E-state index contributed by atoms with van der Waals surface area (Å²) in [5.74, 6) is 0.541. The molecule has 0 radical (unpaired) electrons. The van der Waals surface area contributed by atoms with Crippen molar-refractivity contribution in [3.8, 4) is 5.75 Å². The molecule has 2 aromatic carbocycles. The molecule has 0 heterocycles. The van der Waals surface area contributed by atoms with E-state index in [9.17, 15) is 10.1 Å². The standard InChI is InChI=1S/C15H15ClN2O3/c1-10(12-5-3-4-6-13(12)16)17-14-9-11(18(19)20)7-8-15(14)21-2/h3-10,17H,1-2H3. The molecule has 2 rings (SSSR count). The van der Waals surface area contributed by atoms with Gasteiger partial charge in [-0.05, 0) is 24.6 Å². The SMILES string of the molecule is COc1ccc([N+](=O)[O-])cc1NC(C)c1ccccc1Cl. The molecule has 0 aliphatic carbocycles. The molecule has 0 fully saturated rings. The number of nitro benzene ring substituents is 1. The number of nitrogens with zero attached hydrogens (tertiary/aromatic N) is 1. The molecule has 1 N–H and O–H groups in total. The van der Waals surface area contributed by atoms with Crippen LogP contribution in [0.25, 0.3) is 0 Å². The second kappa shape index (κ2) is 6.45. The number of anilines is 1. The van der Waals surface area contributed by atoms with E-state index in [4.69, 9.17) is 16.3 Å². The first-order valence-corrected chi connectivity index (χ1v) is 6.74.